The zero-order chi connectivity index (χ0) is 14.0. The topological polar surface area (TPSA) is 38.8 Å². The summed E-state index contributed by atoms with van der Waals surface area (Å²) in [4.78, 5) is 13.6. The van der Waals surface area contributed by atoms with E-state index in [9.17, 15) is 13.6 Å². The highest BCUT2D eigenvalue weighted by molar-refractivity contribution is 5.94. The second-order valence-corrected chi connectivity index (χ2v) is 4.36. The van der Waals surface area contributed by atoms with E-state index in [1.54, 1.807) is 0 Å². The molecule has 0 bridgehead atoms. The molecule has 2 unspecified atom stereocenters. The SMILES string of the molecule is COC1CN(C(=O)c2cccc(F)c2F)CC1OC. The van der Waals surface area contributed by atoms with Crippen LogP contribution < -0.4 is 0 Å². The number of hydrogen-bond acceptors (Lipinski definition) is 3. The van der Waals surface area contributed by atoms with Crippen molar-refractivity contribution >= 4 is 5.91 Å². The van der Waals surface area contributed by atoms with Crippen LogP contribution in [-0.4, -0.2) is 50.3 Å². The molecule has 0 radical (unpaired) electrons. The van der Waals surface area contributed by atoms with Gasteiger partial charge in [-0.05, 0) is 12.1 Å². The van der Waals surface area contributed by atoms with Gasteiger partial charge >= 0.3 is 0 Å². The molecular weight excluding hydrogens is 256 g/mol. The molecule has 1 amide bonds. The van der Waals surface area contributed by atoms with Crippen molar-refractivity contribution in [3.8, 4) is 0 Å². The van der Waals surface area contributed by atoms with Crippen LogP contribution >= 0.6 is 0 Å². The van der Waals surface area contributed by atoms with Crippen LogP contribution in [0.5, 0.6) is 0 Å². The first kappa shape index (κ1) is 13.9. The predicted molar refractivity (Wildman–Crippen MR) is 63.9 cm³/mol. The first-order valence-corrected chi connectivity index (χ1v) is 5.87. The van der Waals surface area contributed by atoms with E-state index in [0.717, 1.165) is 6.07 Å². The minimum Gasteiger partial charge on any atom is -0.377 e. The van der Waals surface area contributed by atoms with Gasteiger partial charge in [-0.15, -0.1) is 0 Å². The molecule has 0 aliphatic carbocycles. The van der Waals surface area contributed by atoms with Crippen LogP contribution in [0.2, 0.25) is 0 Å². The third kappa shape index (κ3) is 2.59. The summed E-state index contributed by atoms with van der Waals surface area (Å²) in [5, 5.41) is 0. The Morgan fingerprint density at radius 2 is 1.79 bits per heavy atom. The Bertz CT molecular complexity index is 469. The Morgan fingerprint density at radius 1 is 1.21 bits per heavy atom. The molecule has 0 aromatic heterocycles. The standard InChI is InChI=1S/C13H15F2NO3/c1-18-10-6-16(7-11(10)19-2)13(17)8-4-3-5-9(14)12(8)15/h3-5,10-11H,6-7H2,1-2H3. The first-order chi connectivity index (χ1) is 9.08. The summed E-state index contributed by atoms with van der Waals surface area (Å²) in [7, 11) is 3.04. The number of carbonyl (C=O) groups is 1. The van der Waals surface area contributed by atoms with Gasteiger partial charge < -0.3 is 14.4 Å². The van der Waals surface area contributed by atoms with Gasteiger partial charge in [-0.2, -0.15) is 0 Å². The van der Waals surface area contributed by atoms with Crippen LogP contribution in [-0.2, 0) is 9.47 Å². The molecule has 2 atom stereocenters. The number of likely N-dealkylation sites (tertiary alicyclic amines) is 1. The zero-order valence-corrected chi connectivity index (χ0v) is 10.7. The number of rotatable bonds is 3. The Hall–Kier alpha value is -1.53. The smallest absolute Gasteiger partial charge is 0.257 e. The Labute approximate surface area is 109 Å². The lowest BCUT2D eigenvalue weighted by atomic mass is 10.2. The molecule has 6 heteroatoms. The number of methoxy groups -OCH3 is 2. The highest BCUT2D eigenvalue weighted by atomic mass is 19.2. The van der Waals surface area contributed by atoms with Crippen molar-refractivity contribution in [1.29, 1.82) is 0 Å². The summed E-state index contributed by atoms with van der Waals surface area (Å²) >= 11 is 0. The van der Waals surface area contributed by atoms with Gasteiger partial charge in [0, 0.05) is 27.3 Å². The van der Waals surface area contributed by atoms with E-state index in [0.29, 0.717) is 13.1 Å². The molecule has 4 nitrogen and oxygen atoms in total. The Kier molecular flexibility index (Phi) is 4.11. The molecule has 104 valence electrons. The number of nitrogens with zero attached hydrogens (tertiary/aromatic N) is 1. The average molecular weight is 271 g/mol. The molecule has 0 saturated carbocycles. The van der Waals surface area contributed by atoms with Crippen molar-refractivity contribution in [1.82, 2.24) is 4.90 Å². The van der Waals surface area contributed by atoms with Gasteiger partial charge in [-0.25, -0.2) is 8.78 Å². The van der Waals surface area contributed by atoms with E-state index < -0.39 is 17.5 Å². The highest BCUT2D eigenvalue weighted by Crippen LogP contribution is 2.20. The molecule has 0 N–H and O–H groups in total. The maximum atomic E-state index is 13.6. The fourth-order valence-corrected chi connectivity index (χ4v) is 2.20. The first-order valence-electron chi connectivity index (χ1n) is 5.87. The number of ether oxygens (including phenoxy) is 2. The van der Waals surface area contributed by atoms with Crippen molar-refractivity contribution < 1.29 is 23.0 Å². The van der Waals surface area contributed by atoms with Gasteiger partial charge in [-0.1, -0.05) is 6.07 Å². The van der Waals surface area contributed by atoms with Crippen LogP contribution in [0.15, 0.2) is 18.2 Å². The number of hydrogen-bond donors (Lipinski definition) is 0. The Morgan fingerprint density at radius 3 is 2.32 bits per heavy atom. The van der Waals surface area contributed by atoms with Crippen LogP contribution in [0.4, 0.5) is 8.78 Å². The van der Waals surface area contributed by atoms with Crippen molar-refractivity contribution in [2.24, 2.45) is 0 Å². The minimum absolute atomic E-state index is 0.259. The molecule has 1 aromatic rings. The lowest BCUT2D eigenvalue weighted by Gasteiger charge is -2.16. The summed E-state index contributed by atoms with van der Waals surface area (Å²) in [6.07, 6.45) is -0.517. The van der Waals surface area contributed by atoms with Gasteiger partial charge in [0.25, 0.3) is 5.91 Å². The zero-order valence-electron chi connectivity index (χ0n) is 10.7. The molecule has 1 aromatic carbocycles. The maximum Gasteiger partial charge on any atom is 0.257 e. The third-order valence-corrected chi connectivity index (χ3v) is 3.29. The molecule has 1 heterocycles. The van der Waals surface area contributed by atoms with Crippen LogP contribution in [0.3, 0.4) is 0 Å². The fraction of sp³-hybridized carbons (Fsp3) is 0.462. The molecular formula is C13H15F2NO3. The van der Waals surface area contributed by atoms with E-state index in [1.165, 1.54) is 31.3 Å². The second-order valence-electron chi connectivity index (χ2n) is 4.36. The fourth-order valence-electron chi connectivity index (χ4n) is 2.20. The van der Waals surface area contributed by atoms with E-state index >= 15 is 0 Å². The van der Waals surface area contributed by atoms with E-state index in [1.807, 2.05) is 0 Å². The van der Waals surface area contributed by atoms with Gasteiger partial charge in [0.15, 0.2) is 11.6 Å². The average Bonchev–Trinajstić information content (AvgIpc) is 2.84. The summed E-state index contributed by atoms with van der Waals surface area (Å²) < 4.78 is 37.1. The largest absolute Gasteiger partial charge is 0.377 e. The predicted octanol–water partition coefficient (Wildman–Crippen LogP) is 1.45. The quantitative estimate of drug-likeness (QED) is 0.835. The summed E-state index contributed by atoms with van der Waals surface area (Å²) in [5.41, 5.74) is -0.272. The minimum atomic E-state index is -1.12. The Balaban J connectivity index is 2.19. The summed E-state index contributed by atoms with van der Waals surface area (Å²) in [6, 6.07) is 3.55. The third-order valence-electron chi connectivity index (χ3n) is 3.29. The van der Waals surface area contributed by atoms with Crippen molar-refractivity contribution in [3.05, 3.63) is 35.4 Å². The van der Waals surface area contributed by atoms with Crippen molar-refractivity contribution in [2.45, 2.75) is 12.2 Å². The molecule has 0 spiro atoms. The lowest BCUT2D eigenvalue weighted by molar-refractivity contribution is -0.00461. The van der Waals surface area contributed by atoms with Crippen LogP contribution in [0, 0.1) is 11.6 Å². The summed E-state index contributed by atoms with van der Waals surface area (Å²) in [5.74, 6) is -2.71. The van der Waals surface area contributed by atoms with Crippen LogP contribution in [0.25, 0.3) is 0 Å². The van der Waals surface area contributed by atoms with Gasteiger partial charge in [0.2, 0.25) is 0 Å². The van der Waals surface area contributed by atoms with Gasteiger partial charge in [-0.3, -0.25) is 4.79 Å². The molecule has 1 fully saturated rings. The molecule has 1 aliphatic heterocycles. The van der Waals surface area contributed by atoms with E-state index in [-0.39, 0.29) is 17.8 Å². The van der Waals surface area contributed by atoms with Crippen molar-refractivity contribution in [3.63, 3.8) is 0 Å². The maximum absolute atomic E-state index is 13.6. The van der Waals surface area contributed by atoms with Gasteiger partial charge in [0.1, 0.15) is 12.2 Å². The number of halogens is 2. The van der Waals surface area contributed by atoms with E-state index in [2.05, 4.69) is 0 Å². The van der Waals surface area contributed by atoms with Crippen molar-refractivity contribution in [2.75, 3.05) is 27.3 Å². The molecule has 1 aliphatic rings. The van der Waals surface area contributed by atoms with Crippen LogP contribution in [0.1, 0.15) is 10.4 Å². The highest BCUT2D eigenvalue weighted by Gasteiger charge is 2.36. The lowest BCUT2D eigenvalue weighted by Crippen LogP contribution is -2.30. The number of benzene rings is 1. The molecule has 19 heavy (non-hydrogen) atoms. The molecule has 2 rings (SSSR count). The number of carbonyl (C=O) groups excluding carboxylic acids is 1. The van der Waals surface area contributed by atoms with Gasteiger partial charge in [0.05, 0.1) is 5.56 Å². The second kappa shape index (κ2) is 5.63. The van der Waals surface area contributed by atoms with E-state index in [4.69, 9.17) is 9.47 Å². The summed E-state index contributed by atoms with van der Waals surface area (Å²) in [6.45, 7) is 0.591. The monoisotopic (exact) mass is 271 g/mol. The number of amides is 1. The normalized spacial score (nSPS) is 22.8. The molecule has 1 saturated heterocycles.